The molecular weight excluding hydrogens is 332 g/mol. The molecule has 9 heteroatoms. The van der Waals surface area contributed by atoms with Gasteiger partial charge in [0.15, 0.2) is 17.4 Å². The molecule has 0 unspecified atom stereocenters. The van der Waals surface area contributed by atoms with Gasteiger partial charge in [-0.25, -0.2) is 9.78 Å². The molecule has 8 nitrogen and oxygen atoms in total. The first-order valence-corrected chi connectivity index (χ1v) is 8.51. The summed E-state index contributed by atoms with van der Waals surface area (Å²) < 4.78 is 4.88. The fraction of sp³-hybridized carbons (Fsp3) is 0.600. The quantitative estimate of drug-likeness (QED) is 0.639. The van der Waals surface area contributed by atoms with Crippen molar-refractivity contribution in [3.05, 3.63) is 11.1 Å². The van der Waals surface area contributed by atoms with E-state index in [0.29, 0.717) is 11.0 Å². The molecule has 0 atom stereocenters. The van der Waals surface area contributed by atoms with E-state index in [2.05, 4.69) is 29.5 Å². The van der Waals surface area contributed by atoms with E-state index in [9.17, 15) is 14.4 Å². The van der Waals surface area contributed by atoms with Gasteiger partial charge in [0.1, 0.15) is 0 Å². The average Bonchev–Trinajstić information content (AvgIpc) is 2.98. The zero-order valence-electron chi connectivity index (χ0n) is 14.4. The number of hydrogen-bond acceptors (Lipinski definition) is 7. The van der Waals surface area contributed by atoms with Crippen LogP contribution in [0.15, 0.2) is 5.38 Å². The predicted molar refractivity (Wildman–Crippen MR) is 92.0 cm³/mol. The van der Waals surface area contributed by atoms with Gasteiger partial charge < -0.3 is 20.3 Å². The smallest absolute Gasteiger partial charge is 0.358 e. The third-order valence-electron chi connectivity index (χ3n) is 2.98. The number of thiazole rings is 1. The summed E-state index contributed by atoms with van der Waals surface area (Å²) in [6.45, 7) is 4.45. The lowest BCUT2D eigenvalue weighted by Crippen LogP contribution is -2.38. The van der Waals surface area contributed by atoms with Crippen molar-refractivity contribution < 1.29 is 19.1 Å². The van der Waals surface area contributed by atoms with Crippen molar-refractivity contribution in [2.75, 3.05) is 39.1 Å². The molecule has 1 aromatic rings. The summed E-state index contributed by atoms with van der Waals surface area (Å²) in [5.41, 5.74) is 0.157. The number of esters is 1. The van der Waals surface area contributed by atoms with Crippen LogP contribution in [0.5, 0.6) is 0 Å². The Morgan fingerprint density at radius 1 is 1.33 bits per heavy atom. The molecule has 0 aromatic carbocycles. The summed E-state index contributed by atoms with van der Waals surface area (Å²) in [4.78, 5) is 40.2. The van der Waals surface area contributed by atoms with E-state index in [4.69, 9.17) is 4.74 Å². The van der Waals surface area contributed by atoms with Crippen molar-refractivity contribution in [3.63, 3.8) is 0 Å². The number of anilines is 1. The SMILES string of the molecule is CC(C)CCNc1nc(C(=O)OCC(=O)NCC(=O)N(C)C)cs1. The normalized spacial score (nSPS) is 10.4. The first-order chi connectivity index (χ1) is 11.3. The number of hydrogen-bond donors (Lipinski definition) is 2. The molecule has 0 aliphatic carbocycles. The van der Waals surface area contributed by atoms with Crippen LogP contribution in [0.2, 0.25) is 0 Å². The summed E-state index contributed by atoms with van der Waals surface area (Å²) in [7, 11) is 3.17. The van der Waals surface area contributed by atoms with Gasteiger partial charge in [-0.15, -0.1) is 11.3 Å². The number of likely N-dealkylation sites (N-methyl/N-ethyl adjacent to an activating group) is 1. The van der Waals surface area contributed by atoms with E-state index < -0.39 is 18.5 Å². The predicted octanol–water partition coefficient (Wildman–Crippen LogP) is 0.962. The van der Waals surface area contributed by atoms with Crippen LogP contribution in [0, 0.1) is 5.92 Å². The Morgan fingerprint density at radius 2 is 2.04 bits per heavy atom. The highest BCUT2D eigenvalue weighted by Gasteiger charge is 2.15. The summed E-state index contributed by atoms with van der Waals surface area (Å²) in [5, 5.41) is 7.73. The molecular formula is C15H24N4O4S. The lowest BCUT2D eigenvalue weighted by Gasteiger charge is -2.10. The van der Waals surface area contributed by atoms with Gasteiger partial charge in [-0.3, -0.25) is 9.59 Å². The van der Waals surface area contributed by atoms with E-state index in [-0.39, 0.29) is 18.1 Å². The van der Waals surface area contributed by atoms with Crippen LogP contribution in [0.4, 0.5) is 5.13 Å². The minimum atomic E-state index is -0.669. The number of rotatable bonds is 9. The highest BCUT2D eigenvalue weighted by Crippen LogP contribution is 2.16. The summed E-state index contributed by atoms with van der Waals surface area (Å²) in [6.07, 6.45) is 1.01. The Morgan fingerprint density at radius 3 is 2.67 bits per heavy atom. The number of nitrogens with one attached hydrogen (secondary N) is 2. The lowest BCUT2D eigenvalue weighted by molar-refractivity contribution is -0.131. The maximum absolute atomic E-state index is 11.8. The van der Waals surface area contributed by atoms with Gasteiger partial charge in [0, 0.05) is 26.0 Å². The molecule has 134 valence electrons. The zero-order valence-corrected chi connectivity index (χ0v) is 15.2. The second-order valence-corrected chi connectivity index (χ2v) is 6.65. The average molecular weight is 356 g/mol. The molecule has 0 fully saturated rings. The molecule has 1 rings (SSSR count). The highest BCUT2D eigenvalue weighted by molar-refractivity contribution is 7.13. The molecule has 0 aliphatic rings. The van der Waals surface area contributed by atoms with Gasteiger partial charge in [0.25, 0.3) is 5.91 Å². The molecule has 1 aromatic heterocycles. The maximum atomic E-state index is 11.8. The molecule has 0 saturated heterocycles. The number of amides is 2. The fourth-order valence-corrected chi connectivity index (χ4v) is 2.21. The first-order valence-electron chi connectivity index (χ1n) is 7.63. The van der Waals surface area contributed by atoms with Crippen LogP contribution in [0.1, 0.15) is 30.8 Å². The molecule has 0 aliphatic heterocycles. The number of carbonyl (C=O) groups excluding carboxylic acids is 3. The minimum Gasteiger partial charge on any atom is -0.451 e. The van der Waals surface area contributed by atoms with Crippen molar-refractivity contribution in [3.8, 4) is 0 Å². The largest absolute Gasteiger partial charge is 0.451 e. The molecule has 1 heterocycles. The van der Waals surface area contributed by atoms with E-state index in [0.717, 1.165) is 13.0 Å². The van der Waals surface area contributed by atoms with Crippen LogP contribution >= 0.6 is 11.3 Å². The Bertz CT molecular complexity index is 572. The number of carbonyl (C=O) groups is 3. The van der Waals surface area contributed by atoms with E-state index >= 15 is 0 Å². The second-order valence-electron chi connectivity index (χ2n) is 5.79. The van der Waals surface area contributed by atoms with Crippen molar-refractivity contribution in [2.24, 2.45) is 5.92 Å². The Labute approximate surface area is 145 Å². The molecule has 0 radical (unpaired) electrons. The third kappa shape index (κ3) is 7.40. The Balaban J connectivity index is 2.33. The van der Waals surface area contributed by atoms with Crippen molar-refractivity contribution >= 4 is 34.3 Å². The maximum Gasteiger partial charge on any atom is 0.358 e. The minimum absolute atomic E-state index is 0.135. The van der Waals surface area contributed by atoms with E-state index in [1.54, 1.807) is 19.5 Å². The summed E-state index contributed by atoms with van der Waals surface area (Å²) in [5.74, 6) is -0.868. The number of nitrogens with zero attached hydrogens (tertiary/aromatic N) is 2. The second kappa shape index (κ2) is 9.86. The Kier molecular flexibility index (Phi) is 8.17. The van der Waals surface area contributed by atoms with Gasteiger partial charge in [-0.2, -0.15) is 0 Å². The molecule has 0 spiro atoms. The van der Waals surface area contributed by atoms with Crippen molar-refractivity contribution in [1.82, 2.24) is 15.2 Å². The number of ether oxygens (including phenoxy) is 1. The van der Waals surface area contributed by atoms with Gasteiger partial charge in [-0.1, -0.05) is 13.8 Å². The molecule has 0 saturated carbocycles. The first kappa shape index (κ1) is 19.9. The zero-order chi connectivity index (χ0) is 18.1. The number of aromatic nitrogens is 1. The van der Waals surface area contributed by atoms with Crippen LogP contribution in [0.3, 0.4) is 0 Å². The van der Waals surface area contributed by atoms with Crippen molar-refractivity contribution in [2.45, 2.75) is 20.3 Å². The third-order valence-corrected chi connectivity index (χ3v) is 3.78. The molecule has 2 N–H and O–H groups in total. The standard InChI is InChI=1S/C15H24N4O4S/c1-10(2)5-6-16-15-18-11(9-24-15)14(22)23-8-12(20)17-7-13(21)19(3)4/h9-10H,5-8H2,1-4H3,(H,16,18)(H,17,20). The molecule has 0 bridgehead atoms. The summed E-state index contributed by atoms with van der Waals surface area (Å²) >= 11 is 1.31. The van der Waals surface area contributed by atoms with E-state index in [1.165, 1.54) is 16.2 Å². The van der Waals surface area contributed by atoms with Crippen LogP contribution in [-0.4, -0.2) is 61.5 Å². The monoisotopic (exact) mass is 356 g/mol. The fourth-order valence-electron chi connectivity index (χ4n) is 1.50. The Hall–Kier alpha value is -2.16. The van der Waals surface area contributed by atoms with Gasteiger partial charge in [0.2, 0.25) is 5.91 Å². The molecule has 2 amide bonds. The van der Waals surface area contributed by atoms with Gasteiger partial charge >= 0.3 is 5.97 Å². The van der Waals surface area contributed by atoms with Crippen molar-refractivity contribution in [1.29, 1.82) is 0 Å². The summed E-state index contributed by atoms with van der Waals surface area (Å²) in [6, 6.07) is 0. The topological polar surface area (TPSA) is 101 Å². The molecule has 24 heavy (non-hydrogen) atoms. The van der Waals surface area contributed by atoms with Crippen LogP contribution in [-0.2, 0) is 14.3 Å². The lowest BCUT2D eigenvalue weighted by atomic mass is 10.1. The van der Waals surface area contributed by atoms with Crippen LogP contribution < -0.4 is 10.6 Å². The van der Waals surface area contributed by atoms with E-state index in [1.807, 2.05) is 0 Å². The van der Waals surface area contributed by atoms with Crippen LogP contribution in [0.25, 0.3) is 0 Å². The van der Waals surface area contributed by atoms with Gasteiger partial charge in [0.05, 0.1) is 6.54 Å². The highest BCUT2D eigenvalue weighted by atomic mass is 32.1. The van der Waals surface area contributed by atoms with Gasteiger partial charge in [-0.05, 0) is 12.3 Å².